The second-order valence-electron chi connectivity index (χ2n) is 5.00. The number of nitrogens with one attached hydrogen (secondary N) is 2. The average molecular weight is 255 g/mol. The summed E-state index contributed by atoms with van der Waals surface area (Å²) in [6.45, 7) is 4.62. The van der Waals surface area contributed by atoms with Crippen LogP contribution in [0.3, 0.4) is 0 Å². The third kappa shape index (κ3) is 4.64. The molecule has 1 unspecified atom stereocenters. The molecule has 18 heavy (non-hydrogen) atoms. The predicted octanol–water partition coefficient (Wildman–Crippen LogP) is 0.502. The van der Waals surface area contributed by atoms with Crippen LogP contribution in [0.5, 0.6) is 0 Å². The minimum atomic E-state index is -0.320. The maximum Gasteiger partial charge on any atom is 0.237 e. The molecule has 0 bridgehead atoms. The van der Waals surface area contributed by atoms with Crippen LogP contribution in [0.1, 0.15) is 39.5 Å². The Hall–Kier alpha value is -1.10. The van der Waals surface area contributed by atoms with E-state index < -0.39 is 0 Å². The van der Waals surface area contributed by atoms with Crippen molar-refractivity contribution in [3.05, 3.63) is 0 Å². The topological polar surface area (TPSA) is 61.4 Å². The third-order valence-corrected chi connectivity index (χ3v) is 3.55. The van der Waals surface area contributed by atoms with Gasteiger partial charge in [-0.2, -0.15) is 0 Å². The summed E-state index contributed by atoms with van der Waals surface area (Å²) in [5.74, 6) is 0.00636. The minimum Gasteiger partial charge on any atom is -0.352 e. The van der Waals surface area contributed by atoms with Crippen molar-refractivity contribution in [2.45, 2.75) is 51.6 Å². The zero-order valence-corrected chi connectivity index (χ0v) is 11.7. The first-order valence-corrected chi connectivity index (χ1v) is 6.82. The summed E-state index contributed by atoms with van der Waals surface area (Å²) in [5.41, 5.74) is 0. The van der Waals surface area contributed by atoms with Crippen molar-refractivity contribution in [2.75, 3.05) is 20.1 Å². The summed E-state index contributed by atoms with van der Waals surface area (Å²) >= 11 is 0. The molecular formula is C13H25N3O2. The van der Waals surface area contributed by atoms with Crippen LogP contribution in [0.15, 0.2) is 0 Å². The SMILES string of the molecule is CCN(C)C(=O)CNC(C)C(=O)NC1CCCC1. The number of nitrogens with zero attached hydrogens (tertiary/aromatic N) is 1. The molecule has 2 amide bonds. The number of hydrogen-bond acceptors (Lipinski definition) is 3. The smallest absolute Gasteiger partial charge is 0.237 e. The summed E-state index contributed by atoms with van der Waals surface area (Å²) < 4.78 is 0. The van der Waals surface area contributed by atoms with Gasteiger partial charge >= 0.3 is 0 Å². The summed E-state index contributed by atoms with van der Waals surface area (Å²) in [6, 6.07) is 0.00979. The van der Waals surface area contributed by atoms with Gasteiger partial charge < -0.3 is 10.2 Å². The van der Waals surface area contributed by atoms with Crippen molar-refractivity contribution in [3.8, 4) is 0 Å². The molecule has 0 spiro atoms. The Bertz CT molecular complexity index is 288. The molecule has 1 rings (SSSR count). The van der Waals surface area contributed by atoms with Crippen molar-refractivity contribution in [1.29, 1.82) is 0 Å². The minimum absolute atomic E-state index is 0.00569. The molecule has 0 aromatic heterocycles. The highest BCUT2D eigenvalue weighted by atomic mass is 16.2. The van der Waals surface area contributed by atoms with Gasteiger partial charge in [-0.3, -0.25) is 14.9 Å². The quantitative estimate of drug-likeness (QED) is 0.726. The third-order valence-electron chi connectivity index (χ3n) is 3.55. The highest BCUT2D eigenvalue weighted by Gasteiger charge is 2.20. The Morgan fingerprint density at radius 2 is 1.94 bits per heavy atom. The lowest BCUT2D eigenvalue weighted by molar-refractivity contribution is -0.129. The van der Waals surface area contributed by atoms with Gasteiger partial charge in [-0.15, -0.1) is 0 Å². The number of likely N-dealkylation sites (N-methyl/N-ethyl adjacent to an activating group) is 1. The molecule has 1 aliphatic rings. The molecule has 0 radical (unpaired) electrons. The van der Waals surface area contributed by atoms with E-state index in [-0.39, 0.29) is 24.4 Å². The van der Waals surface area contributed by atoms with Gasteiger partial charge in [0.25, 0.3) is 0 Å². The van der Waals surface area contributed by atoms with E-state index in [4.69, 9.17) is 0 Å². The molecule has 1 aliphatic carbocycles. The summed E-state index contributed by atoms with van der Waals surface area (Å²) in [5, 5.41) is 5.99. The second-order valence-corrected chi connectivity index (χ2v) is 5.00. The van der Waals surface area contributed by atoms with Gasteiger partial charge in [0, 0.05) is 19.6 Å². The van der Waals surface area contributed by atoms with E-state index >= 15 is 0 Å². The number of carbonyl (C=O) groups is 2. The highest BCUT2D eigenvalue weighted by Crippen LogP contribution is 2.17. The number of hydrogen-bond donors (Lipinski definition) is 2. The van der Waals surface area contributed by atoms with Gasteiger partial charge in [-0.1, -0.05) is 12.8 Å². The van der Waals surface area contributed by atoms with E-state index in [1.165, 1.54) is 12.8 Å². The van der Waals surface area contributed by atoms with Crippen LogP contribution in [0, 0.1) is 0 Å². The van der Waals surface area contributed by atoms with Crippen LogP contribution in [0.25, 0.3) is 0 Å². The first-order valence-electron chi connectivity index (χ1n) is 6.82. The molecule has 2 N–H and O–H groups in total. The largest absolute Gasteiger partial charge is 0.352 e. The van der Waals surface area contributed by atoms with Gasteiger partial charge in [0.1, 0.15) is 0 Å². The summed E-state index contributed by atoms with van der Waals surface area (Å²) in [6.07, 6.45) is 4.56. The first-order chi connectivity index (χ1) is 8.54. The lowest BCUT2D eigenvalue weighted by atomic mass is 10.2. The molecule has 0 aliphatic heterocycles. The van der Waals surface area contributed by atoms with Crippen molar-refractivity contribution in [1.82, 2.24) is 15.5 Å². The molecule has 0 saturated heterocycles. The Morgan fingerprint density at radius 1 is 1.33 bits per heavy atom. The van der Waals surface area contributed by atoms with Crippen LogP contribution in [-0.4, -0.2) is 48.9 Å². The standard InChI is InChI=1S/C13H25N3O2/c1-4-16(3)12(17)9-14-10(2)13(18)15-11-7-5-6-8-11/h10-11,14H,4-9H2,1-3H3,(H,15,18). The van der Waals surface area contributed by atoms with E-state index in [0.717, 1.165) is 12.8 Å². The van der Waals surface area contributed by atoms with Crippen LogP contribution in [0.2, 0.25) is 0 Å². The Kier molecular flexibility index (Phi) is 6.12. The summed E-state index contributed by atoms with van der Waals surface area (Å²) in [7, 11) is 1.76. The monoisotopic (exact) mass is 255 g/mol. The normalized spacial score (nSPS) is 17.5. The Labute approximate surface area is 109 Å². The molecular weight excluding hydrogens is 230 g/mol. The summed E-state index contributed by atoms with van der Waals surface area (Å²) in [4.78, 5) is 25.1. The van der Waals surface area contributed by atoms with Gasteiger partial charge in [0.15, 0.2) is 0 Å². The first kappa shape index (κ1) is 15.0. The van der Waals surface area contributed by atoms with Gasteiger partial charge in [0.2, 0.25) is 11.8 Å². The molecule has 104 valence electrons. The van der Waals surface area contributed by atoms with E-state index in [0.29, 0.717) is 12.6 Å². The molecule has 1 saturated carbocycles. The van der Waals surface area contributed by atoms with E-state index in [2.05, 4.69) is 10.6 Å². The fraction of sp³-hybridized carbons (Fsp3) is 0.846. The molecule has 0 heterocycles. The van der Waals surface area contributed by atoms with Crippen molar-refractivity contribution in [2.24, 2.45) is 0 Å². The number of rotatable bonds is 6. The van der Waals surface area contributed by atoms with E-state index in [1.54, 1.807) is 18.9 Å². The van der Waals surface area contributed by atoms with Crippen LogP contribution in [-0.2, 0) is 9.59 Å². The van der Waals surface area contributed by atoms with Crippen molar-refractivity contribution >= 4 is 11.8 Å². The van der Waals surface area contributed by atoms with Crippen LogP contribution >= 0.6 is 0 Å². The van der Waals surface area contributed by atoms with Gasteiger partial charge in [0.05, 0.1) is 12.6 Å². The van der Waals surface area contributed by atoms with Crippen molar-refractivity contribution < 1.29 is 9.59 Å². The van der Waals surface area contributed by atoms with Gasteiger partial charge in [-0.25, -0.2) is 0 Å². The lowest BCUT2D eigenvalue weighted by Crippen LogP contribution is -2.48. The number of amides is 2. The molecule has 0 aromatic rings. The van der Waals surface area contributed by atoms with Crippen LogP contribution < -0.4 is 10.6 Å². The van der Waals surface area contributed by atoms with E-state index in [9.17, 15) is 9.59 Å². The molecule has 1 fully saturated rings. The molecule has 5 nitrogen and oxygen atoms in total. The second kappa shape index (κ2) is 7.36. The highest BCUT2D eigenvalue weighted by molar-refractivity contribution is 5.83. The van der Waals surface area contributed by atoms with Crippen LogP contribution in [0.4, 0.5) is 0 Å². The zero-order valence-electron chi connectivity index (χ0n) is 11.7. The van der Waals surface area contributed by atoms with Crippen molar-refractivity contribution in [3.63, 3.8) is 0 Å². The predicted molar refractivity (Wildman–Crippen MR) is 71.2 cm³/mol. The maximum absolute atomic E-state index is 11.9. The zero-order chi connectivity index (χ0) is 13.5. The Balaban J connectivity index is 2.24. The molecule has 5 heteroatoms. The molecule has 0 aromatic carbocycles. The average Bonchev–Trinajstić information content (AvgIpc) is 2.87. The number of carbonyl (C=O) groups excluding carboxylic acids is 2. The van der Waals surface area contributed by atoms with E-state index in [1.807, 2.05) is 6.92 Å². The Morgan fingerprint density at radius 3 is 2.50 bits per heavy atom. The van der Waals surface area contributed by atoms with Gasteiger partial charge in [-0.05, 0) is 26.7 Å². The molecule has 1 atom stereocenters. The lowest BCUT2D eigenvalue weighted by Gasteiger charge is -2.19. The fourth-order valence-electron chi connectivity index (χ4n) is 2.04. The maximum atomic E-state index is 11.9. The fourth-order valence-corrected chi connectivity index (χ4v) is 2.04.